The summed E-state index contributed by atoms with van der Waals surface area (Å²) in [6.45, 7) is 5.38. The smallest absolute Gasteiger partial charge is 0.262 e. The van der Waals surface area contributed by atoms with E-state index >= 15 is 0 Å². The average Bonchev–Trinajstić information content (AvgIpc) is 3.31. The van der Waals surface area contributed by atoms with Gasteiger partial charge >= 0.3 is 0 Å². The van der Waals surface area contributed by atoms with Crippen molar-refractivity contribution in [2.24, 2.45) is 0 Å². The molecule has 2 aromatic carbocycles. The van der Waals surface area contributed by atoms with Gasteiger partial charge in [0.1, 0.15) is 23.1 Å². The quantitative estimate of drug-likeness (QED) is 0.422. The Labute approximate surface area is 192 Å². The monoisotopic (exact) mass is 464 g/mol. The van der Waals surface area contributed by atoms with E-state index in [1.807, 2.05) is 36.0 Å². The number of hydrogen-bond acceptors (Lipinski definition) is 6. The summed E-state index contributed by atoms with van der Waals surface area (Å²) in [7, 11) is -2.21. The summed E-state index contributed by atoms with van der Waals surface area (Å²) in [4.78, 5) is 8.94. The van der Waals surface area contributed by atoms with Crippen LogP contribution in [0.1, 0.15) is 17.0 Å². The highest BCUT2D eigenvalue weighted by Gasteiger charge is 2.19. The number of aryl methyl sites for hydroxylation is 1. The van der Waals surface area contributed by atoms with Crippen molar-refractivity contribution in [1.29, 1.82) is 0 Å². The van der Waals surface area contributed by atoms with Gasteiger partial charge in [-0.25, -0.2) is 13.4 Å². The molecule has 170 valence electrons. The molecule has 2 heterocycles. The normalized spacial score (nSPS) is 11.3. The van der Waals surface area contributed by atoms with E-state index in [-0.39, 0.29) is 4.90 Å². The number of nitrogens with one attached hydrogen (secondary N) is 1. The summed E-state index contributed by atoms with van der Waals surface area (Å²) >= 11 is 0. The lowest BCUT2D eigenvalue weighted by atomic mass is 10.1. The molecule has 0 unspecified atom stereocenters. The van der Waals surface area contributed by atoms with E-state index in [0.717, 1.165) is 5.56 Å². The molecule has 33 heavy (non-hydrogen) atoms. The second kappa shape index (κ2) is 8.95. The molecule has 0 aliphatic rings. The first-order valence-corrected chi connectivity index (χ1v) is 11.7. The van der Waals surface area contributed by atoms with Crippen LogP contribution >= 0.6 is 0 Å². The zero-order valence-electron chi connectivity index (χ0n) is 18.7. The summed E-state index contributed by atoms with van der Waals surface area (Å²) in [5, 5.41) is 0. The molecule has 8 nitrogen and oxygen atoms in total. The third-order valence-corrected chi connectivity index (χ3v) is 6.72. The van der Waals surface area contributed by atoms with Crippen LogP contribution in [0, 0.1) is 20.8 Å². The van der Waals surface area contributed by atoms with Gasteiger partial charge in [0, 0.05) is 24.1 Å². The number of anilines is 1. The number of nitrogens with zero attached hydrogens (tertiary/aromatic N) is 3. The van der Waals surface area contributed by atoms with Crippen LogP contribution < -0.4 is 14.2 Å². The van der Waals surface area contributed by atoms with Crippen LogP contribution in [0.15, 0.2) is 71.9 Å². The van der Waals surface area contributed by atoms with E-state index in [1.54, 1.807) is 63.4 Å². The summed E-state index contributed by atoms with van der Waals surface area (Å²) in [5.41, 5.74) is 1.84. The van der Waals surface area contributed by atoms with Gasteiger partial charge in [0.2, 0.25) is 5.88 Å². The minimum atomic E-state index is -3.77. The number of ether oxygens (including phenoxy) is 2. The first kappa shape index (κ1) is 22.3. The lowest BCUT2D eigenvalue weighted by molar-refractivity contribution is 0.410. The second-order valence-corrected chi connectivity index (χ2v) is 9.10. The van der Waals surface area contributed by atoms with E-state index in [4.69, 9.17) is 9.47 Å². The van der Waals surface area contributed by atoms with Gasteiger partial charge < -0.3 is 14.0 Å². The van der Waals surface area contributed by atoms with Gasteiger partial charge in [-0.2, -0.15) is 4.98 Å². The molecule has 0 spiro atoms. The molecule has 0 amide bonds. The predicted molar refractivity (Wildman–Crippen MR) is 126 cm³/mol. The Morgan fingerprint density at radius 3 is 2.27 bits per heavy atom. The molecule has 1 N–H and O–H groups in total. The van der Waals surface area contributed by atoms with Gasteiger partial charge in [0.25, 0.3) is 10.0 Å². The Balaban J connectivity index is 1.52. The standard InChI is InChI=1S/C24H24N4O4S/c1-16-17(2)22(12-11-21(16)31-4)33(29,30)27-19-7-9-20(10-8-19)32-24-15-23(25-18(3)26-24)28-13-5-6-14-28/h5-15,27H,1-4H3. The molecule has 4 rings (SSSR count). The van der Waals surface area contributed by atoms with Gasteiger partial charge in [-0.1, -0.05) is 0 Å². The molecular weight excluding hydrogens is 440 g/mol. The number of rotatable bonds is 7. The third kappa shape index (κ3) is 4.83. The molecule has 0 atom stereocenters. The van der Waals surface area contributed by atoms with Crippen LogP contribution in [0.5, 0.6) is 17.4 Å². The Morgan fingerprint density at radius 1 is 0.909 bits per heavy atom. The highest BCUT2D eigenvalue weighted by molar-refractivity contribution is 7.92. The zero-order chi connectivity index (χ0) is 23.6. The predicted octanol–water partition coefficient (Wildman–Crippen LogP) is 4.79. The number of methoxy groups -OCH3 is 1. The SMILES string of the molecule is COc1ccc(S(=O)(=O)Nc2ccc(Oc3cc(-n4cccc4)nc(C)n3)cc2)c(C)c1C. The van der Waals surface area contributed by atoms with Gasteiger partial charge in [-0.15, -0.1) is 0 Å². The largest absolute Gasteiger partial charge is 0.496 e. The molecule has 0 saturated heterocycles. The van der Waals surface area contributed by atoms with Crippen LogP contribution in [-0.4, -0.2) is 30.1 Å². The summed E-state index contributed by atoms with van der Waals surface area (Å²) in [6.07, 6.45) is 3.77. The molecule has 0 bridgehead atoms. The van der Waals surface area contributed by atoms with Crippen LogP contribution in [0.3, 0.4) is 0 Å². The van der Waals surface area contributed by atoms with Crippen molar-refractivity contribution in [2.45, 2.75) is 25.7 Å². The fourth-order valence-electron chi connectivity index (χ4n) is 3.40. The van der Waals surface area contributed by atoms with E-state index < -0.39 is 10.0 Å². The molecule has 4 aromatic rings. The van der Waals surface area contributed by atoms with Crippen molar-refractivity contribution < 1.29 is 17.9 Å². The van der Waals surface area contributed by atoms with Gasteiger partial charge in [-0.05, 0) is 80.4 Å². The van der Waals surface area contributed by atoms with E-state index in [2.05, 4.69) is 14.7 Å². The number of benzene rings is 2. The van der Waals surface area contributed by atoms with Crippen LogP contribution in [0.2, 0.25) is 0 Å². The molecule has 9 heteroatoms. The number of hydrogen-bond donors (Lipinski definition) is 1. The summed E-state index contributed by atoms with van der Waals surface area (Å²) < 4.78 is 41.5. The zero-order valence-corrected chi connectivity index (χ0v) is 19.6. The summed E-state index contributed by atoms with van der Waals surface area (Å²) in [6, 6.07) is 15.4. The van der Waals surface area contributed by atoms with E-state index in [0.29, 0.717) is 40.3 Å². The topological polar surface area (TPSA) is 95.3 Å². The van der Waals surface area contributed by atoms with Crippen molar-refractivity contribution in [3.8, 4) is 23.2 Å². The molecular formula is C24H24N4O4S. The maximum atomic E-state index is 12.9. The fourth-order valence-corrected chi connectivity index (χ4v) is 4.76. The summed E-state index contributed by atoms with van der Waals surface area (Å²) in [5.74, 6) is 2.82. The van der Waals surface area contributed by atoms with E-state index in [1.165, 1.54) is 0 Å². The molecule has 0 saturated carbocycles. The third-order valence-electron chi connectivity index (χ3n) is 5.20. The second-order valence-electron chi connectivity index (χ2n) is 7.45. The molecule has 0 fully saturated rings. The first-order chi connectivity index (χ1) is 15.8. The van der Waals surface area contributed by atoms with Crippen molar-refractivity contribution >= 4 is 15.7 Å². The average molecular weight is 465 g/mol. The number of aromatic nitrogens is 3. The highest BCUT2D eigenvalue weighted by Crippen LogP contribution is 2.29. The maximum Gasteiger partial charge on any atom is 0.262 e. The van der Waals surface area contributed by atoms with Crippen LogP contribution in [-0.2, 0) is 10.0 Å². The van der Waals surface area contributed by atoms with Gasteiger partial charge in [0.05, 0.1) is 12.0 Å². The molecule has 0 radical (unpaired) electrons. The van der Waals surface area contributed by atoms with Gasteiger partial charge in [-0.3, -0.25) is 4.72 Å². The Bertz CT molecular complexity index is 1380. The van der Waals surface area contributed by atoms with E-state index in [9.17, 15) is 8.42 Å². The van der Waals surface area contributed by atoms with Crippen molar-refractivity contribution in [3.05, 3.63) is 83.9 Å². The lowest BCUT2D eigenvalue weighted by Crippen LogP contribution is -2.15. The van der Waals surface area contributed by atoms with Crippen LogP contribution in [0.25, 0.3) is 5.82 Å². The maximum absolute atomic E-state index is 12.9. The highest BCUT2D eigenvalue weighted by atomic mass is 32.2. The minimum Gasteiger partial charge on any atom is -0.496 e. The first-order valence-electron chi connectivity index (χ1n) is 10.2. The van der Waals surface area contributed by atoms with Crippen molar-refractivity contribution in [3.63, 3.8) is 0 Å². The minimum absolute atomic E-state index is 0.204. The molecule has 2 aromatic heterocycles. The van der Waals surface area contributed by atoms with Crippen LogP contribution in [0.4, 0.5) is 5.69 Å². The molecule has 0 aliphatic heterocycles. The number of sulfonamides is 1. The Hall–Kier alpha value is -3.85. The molecule has 0 aliphatic carbocycles. The Kier molecular flexibility index (Phi) is 6.06. The fraction of sp³-hybridized carbons (Fsp3) is 0.167. The van der Waals surface area contributed by atoms with Crippen molar-refractivity contribution in [2.75, 3.05) is 11.8 Å². The van der Waals surface area contributed by atoms with Gasteiger partial charge in [0.15, 0.2) is 0 Å². The Morgan fingerprint density at radius 2 is 1.61 bits per heavy atom. The van der Waals surface area contributed by atoms with Crippen molar-refractivity contribution in [1.82, 2.24) is 14.5 Å². The lowest BCUT2D eigenvalue weighted by Gasteiger charge is -2.14.